The molecule has 2 fully saturated rings. The molecule has 4 aliphatic rings. The summed E-state index contributed by atoms with van der Waals surface area (Å²) in [7, 11) is 8.12. The molecular weight excluding hydrogens is 688 g/mol. The van der Waals surface area contributed by atoms with Crippen LogP contribution in [0, 0.1) is 5.41 Å². The molecule has 4 heterocycles. The summed E-state index contributed by atoms with van der Waals surface area (Å²) in [5.74, 6) is 0. The van der Waals surface area contributed by atoms with Gasteiger partial charge < -0.3 is 18.1 Å². The van der Waals surface area contributed by atoms with Gasteiger partial charge in [-0.15, -0.1) is 0 Å². The second kappa shape index (κ2) is 10.7. The second-order valence-corrected chi connectivity index (χ2v) is 29.4. The first-order valence-corrected chi connectivity index (χ1v) is 24.0. The first-order valence-electron chi connectivity index (χ1n) is 10.8. The van der Waals surface area contributed by atoms with Gasteiger partial charge in [0.1, 0.15) is 0 Å². The Kier molecular flexibility index (Phi) is 9.33. The predicted octanol–water partition coefficient (Wildman–Crippen LogP) is 8.97. The minimum Gasteiger partial charge on any atom is -0.305 e. The van der Waals surface area contributed by atoms with Gasteiger partial charge in [0.15, 0.2) is 0 Å². The average Bonchev–Trinajstić information content (AvgIpc) is 2.77. The molecule has 4 aliphatic heterocycles. The Morgan fingerprint density at radius 2 is 0.703 bits per heavy atom. The fourth-order valence-electron chi connectivity index (χ4n) is 3.03. The van der Waals surface area contributed by atoms with Gasteiger partial charge in [-0.3, -0.25) is 0 Å². The Hall–Kier alpha value is 2.22. The average molecular weight is 720 g/mol. The molecule has 0 aliphatic carbocycles. The van der Waals surface area contributed by atoms with E-state index in [0.717, 1.165) is 0 Å². The van der Waals surface area contributed by atoms with Crippen molar-refractivity contribution < 1.29 is 18.1 Å². The lowest BCUT2D eigenvalue weighted by molar-refractivity contribution is -0.0575. The lowest BCUT2D eigenvalue weighted by Gasteiger charge is -2.46. The van der Waals surface area contributed by atoms with E-state index in [0.29, 0.717) is 0 Å². The summed E-state index contributed by atoms with van der Waals surface area (Å²) in [5.41, 5.74) is -0.635. The monoisotopic (exact) mass is 718 g/mol. The van der Waals surface area contributed by atoms with E-state index in [1.54, 1.807) is 75.1 Å². The van der Waals surface area contributed by atoms with Crippen LogP contribution in [0.5, 0.6) is 0 Å². The molecule has 216 valence electrons. The maximum atomic E-state index is 6.86. The predicted molar refractivity (Wildman–Crippen MR) is 160 cm³/mol. The van der Waals surface area contributed by atoms with Crippen LogP contribution in [-0.4, -0.2) is 101 Å². The molecule has 4 atom stereocenters. The van der Waals surface area contributed by atoms with Gasteiger partial charge in [0.2, 0.25) is 26.8 Å². The molecule has 14 nitrogen and oxygen atoms in total. The molecule has 0 saturated carbocycles. The van der Waals surface area contributed by atoms with Gasteiger partial charge in [-0.1, -0.05) is 0 Å². The molecule has 2 saturated heterocycles. The Morgan fingerprint density at radius 1 is 0.459 bits per heavy atom. The van der Waals surface area contributed by atoms with Gasteiger partial charge in [-0.25, -0.2) is 18.7 Å². The van der Waals surface area contributed by atoms with Crippen LogP contribution >= 0.6 is 87.1 Å². The van der Waals surface area contributed by atoms with Crippen LogP contribution in [0.15, 0.2) is 27.1 Å². The molecule has 0 N–H and O–H groups in total. The molecular formula is C13H32Cl4N10O4P6. The Balaban J connectivity index is 1.64. The van der Waals surface area contributed by atoms with E-state index in [-0.39, 0.29) is 26.4 Å². The van der Waals surface area contributed by atoms with E-state index in [1.807, 2.05) is 0 Å². The Morgan fingerprint density at radius 3 is 0.946 bits per heavy atom. The molecule has 0 radical (unpaired) electrons. The second-order valence-electron chi connectivity index (χ2n) is 9.48. The molecule has 37 heavy (non-hydrogen) atoms. The molecule has 0 aromatic rings. The third-order valence-corrected chi connectivity index (χ3v) is 30.9. The van der Waals surface area contributed by atoms with Crippen LogP contribution in [-0.2, 0) is 18.1 Å². The molecule has 4 unspecified atom stereocenters. The summed E-state index contributed by atoms with van der Waals surface area (Å²) < 4.78 is 60.2. The van der Waals surface area contributed by atoms with Crippen LogP contribution in [0.1, 0.15) is 0 Å². The van der Waals surface area contributed by atoms with Crippen molar-refractivity contribution in [2.24, 2.45) is 32.5 Å². The molecule has 0 bridgehead atoms. The highest BCUT2D eigenvalue weighted by molar-refractivity contribution is 8.03. The largest absolute Gasteiger partial charge is 0.345 e. The van der Waals surface area contributed by atoms with E-state index in [9.17, 15) is 0 Å². The van der Waals surface area contributed by atoms with Crippen molar-refractivity contribution in [3.8, 4) is 0 Å². The van der Waals surface area contributed by atoms with Gasteiger partial charge in [-0.2, -0.15) is 27.1 Å². The van der Waals surface area contributed by atoms with Crippen molar-refractivity contribution >= 4 is 87.1 Å². The Labute approximate surface area is 238 Å². The number of hydrogen-bond donors (Lipinski definition) is 0. The van der Waals surface area contributed by atoms with Crippen molar-refractivity contribution in [3.05, 3.63) is 0 Å². The van der Waals surface area contributed by atoms with Crippen molar-refractivity contribution in [1.29, 1.82) is 0 Å². The summed E-state index contributed by atoms with van der Waals surface area (Å²) in [5, 5.41) is 0. The molecule has 0 aromatic heterocycles. The quantitative estimate of drug-likeness (QED) is 0.264. The zero-order valence-electron chi connectivity index (χ0n) is 21.6. The zero-order valence-corrected chi connectivity index (χ0v) is 30.0. The summed E-state index contributed by atoms with van der Waals surface area (Å²) in [6.07, 6.45) is 0. The third kappa shape index (κ3) is 6.16. The van der Waals surface area contributed by atoms with E-state index >= 15 is 0 Å². The standard InChI is InChI=1S/C13H32Cl4N10O4P6/c1-24(2)32(14)18-33(15,25(3)4)21-36(20-32)28-9-13(10-29-36)11-30-37(31-12-13)22-34(16,26(5)6)19-35(17,23-37)27(7)8/h9-12H2,1-8H3. The maximum Gasteiger partial charge on any atom is 0.345 e. The van der Waals surface area contributed by atoms with Gasteiger partial charge in [0.25, 0.3) is 0 Å². The number of hydrogen-bond acceptors (Lipinski definition) is 14. The first-order chi connectivity index (χ1) is 16.8. The number of halogens is 4. The number of rotatable bonds is 4. The molecule has 24 heteroatoms. The summed E-state index contributed by atoms with van der Waals surface area (Å²) in [6, 6.07) is 0. The van der Waals surface area contributed by atoms with E-state index in [1.165, 1.54) is 0 Å². The highest BCUT2D eigenvalue weighted by Gasteiger charge is 2.52. The molecule has 3 spiro atoms. The van der Waals surface area contributed by atoms with Crippen LogP contribution in [0.2, 0.25) is 0 Å². The summed E-state index contributed by atoms with van der Waals surface area (Å²) in [6.45, 7) is -10.6. The minimum absolute atomic E-state index is 0.205. The van der Waals surface area contributed by atoms with Crippen LogP contribution in [0.3, 0.4) is 0 Å². The molecule has 0 amide bonds. The molecule has 4 rings (SSSR count). The van der Waals surface area contributed by atoms with Crippen LogP contribution in [0.25, 0.3) is 0 Å². The van der Waals surface area contributed by atoms with Gasteiger partial charge in [0, 0.05) is 0 Å². The SMILES string of the molecule is CN(C)P1(Cl)=NP2(=NP(Cl)(N(C)C)=N1)OCC1(CO2)COP2(=NP(Cl)(N(C)C)=NP(Cl)(N(C)C)=N2)OC1. The smallest absolute Gasteiger partial charge is 0.305 e. The highest BCUT2D eigenvalue weighted by Crippen LogP contribution is 2.86. The van der Waals surface area contributed by atoms with Crippen molar-refractivity contribution in [2.45, 2.75) is 0 Å². The van der Waals surface area contributed by atoms with E-state index < -0.39 is 47.6 Å². The number of nitrogens with zero attached hydrogens (tertiary/aromatic N) is 10. The topological polar surface area (TPSA) is 124 Å². The minimum atomic E-state index is -3.14. The summed E-state index contributed by atoms with van der Waals surface area (Å²) >= 11 is 27.5. The Bertz CT molecular complexity index is 1170. The van der Waals surface area contributed by atoms with Gasteiger partial charge in [0.05, 0.1) is 31.8 Å². The lowest BCUT2D eigenvalue weighted by Crippen LogP contribution is -2.45. The van der Waals surface area contributed by atoms with Crippen LogP contribution < -0.4 is 0 Å². The highest BCUT2D eigenvalue weighted by atomic mass is 35.7. The first kappa shape index (κ1) is 32.1. The molecule has 0 aromatic carbocycles. The van der Waals surface area contributed by atoms with E-state index in [2.05, 4.69) is 9.03 Å². The van der Waals surface area contributed by atoms with Crippen molar-refractivity contribution in [1.82, 2.24) is 18.7 Å². The van der Waals surface area contributed by atoms with Crippen molar-refractivity contribution in [3.63, 3.8) is 0 Å². The van der Waals surface area contributed by atoms with Crippen LogP contribution in [0.4, 0.5) is 0 Å². The fraction of sp³-hybridized carbons (Fsp3) is 1.00. The van der Waals surface area contributed by atoms with Crippen molar-refractivity contribution in [2.75, 3.05) is 82.8 Å². The fourth-order valence-corrected chi connectivity index (χ4v) is 28.5. The third-order valence-electron chi connectivity index (χ3n) is 5.55. The van der Waals surface area contributed by atoms with Gasteiger partial charge >= 0.3 is 15.3 Å². The lowest BCUT2D eigenvalue weighted by atomic mass is 9.93. The van der Waals surface area contributed by atoms with E-state index in [4.69, 9.17) is 81.1 Å². The van der Waals surface area contributed by atoms with Gasteiger partial charge in [-0.05, 0) is 101 Å². The normalized spacial score (nSPS) is 48.0. The maximum absolute atomic E-state index is 6.86. The zero-order chi connectivity index (χ0) is 27.7. The summed E-state index contributed by atoms with van der Waals surface area (Å²) in [4.78, 5) is 0.